The van der Waals surface area contributed by atoms with Gasteiger partial charge in [-0.1, -0.05) is 13.0 Å². The van der Waals surface area contributed by atoms with Gasteiger partial charge >= 0.3 is 0 Å². The molecule has 4 heteroatoms. The number of hydrogen-bond donors (Lipinski definition) is 1. The smallest absolute Gasteiger partial charge is 0.231 e. The van der Waals surface area contributed by atoms with E-state index in [2.05, 4.69) is 12.2 Å². The van der Waals surface area contributed by atoms with Gasteiger partial charge in [0.2, 0.25) is 5.91 Å². The number of carbonyl (C=O) groups excluding carboxylic acids is 1. The average molecular weight is 284 g/mol. The molecule has 1 aromatic rings. The predicted octanol–water partition coefficient (Wildman–Crippen LogP) is 4.07. The van der Waals surface area contributed by atoms with E-state index in [0.29, 0.717) is 0 Å². The Bertz CT molecular complexity index is 432. The highest BCUT2D eigenvalue weighted by Crippen LogP contribution is 2.23. The van der Waals surface area contributed by atoms with Gasteiger partial charge < -0.3 is 10.1 Å². The molecule has 0 aliphatic rings. The Morgan fingerprint density at radius 2 is 2.16 bits per heavy atom. The summed E-state index contributed by atoms with van der Waals surface area (Å²) in [5.74, 6) is 0.945. The Morgan fingerprint density at radius 3 is 2.74 bits per heavy atom. The molecule has 3 nitrogen and oxygen atoms in total. The topological polar surface area (TPSA) is 38.3 Å². The van der Waals surface area contributed by atoms with Crippen LogP contribution in [0, 0.1) is 5.41 Å². The molecule has 1 rings (SSSR count). The first-order chi connectivity index (χ1) is 8.89. The number of halogens is 1. The maximum Gasteiger partial charge on any atom is 0.231 e. The van der Waals surface area contributed by atoms with Crippen LogP contribution in [-0.2, 0) is 4.79 Å². The normalized spacial score (nSPS) is 12.9. The molecular formula is C15H22ClNO2. The van der Waals surface area contributed by atoms with Crippen molar-refractivity contribution in [1.82, 2.24) is 0 Å². The number of anilines is 1. The molecule has 1 aromatic carbocycles. The van der Waals surface area contributed by atoms with Crippen LogP contribution in [0.15, 0.2) is 24.3 Å². The molecule has 0 spiro atoms. The summed E-state index contributed by atoms with van der Waals surface area (Å²) in [6, 6.07) is 7.41. The van der Waals surface area contributed by atoms with Gasteiger partial charge in [-0.3, -0.25) is 4.79 Å². The van der Waals surface area contributed by atoms with Crippen molar-refractivity contribution in [3.63, 3.8) is 0 Å². The second kappa shape index (κ2) is 6.80. The van der Waals surface area contributed by atoms with E-state index >= 15 is 0 Å². The van der Waals surface area contributed by atoms with Crippen molar-refractivity contribution in [3.8, 4) is 5.75 Å². The Labute approximate surface area is 120 Å². The summed E-state index contributed by atoms with van der Waals surface area (Å²) in [5, 5.41) is 2.86. The third kappa shape index (κ3) is 4.75. The largest absolute Gasteiger partial charge is 0.491 e. The molecule has 0 aliphatic carbocycles. The van der Waals surface area contributed by atoms with Crippen molar-refractivity contribution in [1.29, 1.82) is 0 Å². The minimum absolute atomic E-state index is 0.0943. The quantitative estimate of drug-likeness (QED) is 0.799. The van der Waals surface area contributed by atoms with Crippen molar-refractivity contribution >= 4 is 23.2 Å². The fraction of sp³-hybridized carbons (Fsp3) is 0.533. The summed E-state index contributed by atoms with van der Waals surface area (Å²) in [4.78, 5) is 12.0. The minimum atomic E-state index is -0.588. The van der Waals surface area contributed by atoms with Crippen molar-refractivity contribution in [2.45, 2.75) is 40.2 Å². The third-order valence-electron chi connectivity index (χ3n) is 2.95. The van der Waals surface area contributed by atoms with Crippen molar-refractivity contribution < 1.29 is 9.53 Å². The molecule has 0 aromatic heterocycles. The summed E-state index contributed by atoms with van der Waals surface area (Å²) in [6.45, 7) is 7.71. The van der Waals surface area contributed by atoms with E-state index < -0.39 is 5.41 Å². The van der Waals surface area contributed by atoms with Gasteiger partial charge in [-0.25, -0.2) is 0 Å². The number of alkyl halides is 1. The van der Waals surface area contributed by atoms with Gasteiger partial charge in [-0.15, -0.1) is 11.6 Å². The van der Waals surface area contributed by atoms with E-state index in [4.69, 9.17) is 16.3 Å². The molecule has 19 heavy (non-hydrogen) atoms. The zero-order chi connectivity index (χ0) is 14.5. The molecule has 0 radical (unpaired) electrons. The Hall–Kier alpha value is -1.22. The zero-order valence-electron chi connectivity index (χ0n) is 12.0. The van der Waals surface area contributed by atoms with Crippen LogP contribution >= 0.6 is 11.6 Å². The van der Waals surface area contributed by atoms with E-state index in [0.717, 1.165) is 17.9 Å². The van der Waals surface area contributed by atoms with Gasteiger partial charge in [0.25, 0.3) is 0 Å². The van der Waals surface area contributed by atoms with Crippen molar-refractivity contribution in [2.24, 2.45) is 5.41 Å². The Morgan fingerprint density at radius 1 is 1.47 bits per heavy atom. The van der Waals surface area contributed by atoms with Gasteiger partial charge in [0, 0.05) is 17.6 Å². The average Bonchev–Trinajstić information content (AvgIpc) is 2.38. The van der Waals surface area contributed by atoms with Crippen LogP contribution < -0.4 is 10.1 Å². The zero-order valence-corrected chi connectivity index (χ0v) is 12.8. The molecule has 0 fully saturated rings. The number of benzene rings is 1. The monoisotopic (exact) mass is 283 g/mol. The first kappa shape index (κ1) is 15.8. The van der Waals surface area contributed by atoms with Crippen molar-refractivity contribution in [3.05, 3.63) is 24.3 Å². The summed E-state index contributed by atoms with van der Waals surface area (Å²) >= 11 is 5.79. The van der Waals surface area contributed by atoms with Gasteiger partial charge in [0.1, 0.15) is 5.75 Å². The highest BCUT2D eigenvalue weighted by Gasteiger charge is 2.26. The summed E-state index contributed by atoms with van der Waals surface area (Å²) < 4.78 is 5.72. The molecular weight excluding hydrogens is 262 g/mol. The summed E-state index contributed by atoms with van der Waals surface area (Å²) in [7, 11) is 0. The number of hydrogen-bond acceptors (Lipinski definition) is 2. The third-order valence-corrected chi connectivity index (χ3v) is 3.62. The lowest BCUT2D eigenvalue weighted by Crippen LogP contribution is -2.32. The number of amides is 1. The fourth-order valence-electron chi connectivity index (χ4n) is 1.32. The Kier molecular flexibility index (Phi) is 5.67. The maximum atomic E-state index is 12.0. The molecule has 0 saturated heterocycles. The van der Waals surface area contributed by atoms with E-state index in [1.165, 1.54) is 0 Å². The summed E-state index contributed by atoms with van der Waals surface area (Å²) in [6.07, 6.45) is 1.10. The number of ether oxygens (including phenoxy) is 1. The molecule has 1 N–H and O–H groups in total. The lowest BCUT2D eigenvalue weighted by atomic mass is 9.95. The summed E-state index contributed by atoms with van der Waals surface area (Å²) in [5.41, 5.74) is 0.138. The van der Waals surface area contributed by atoms with E-state index in [1.807, 2.05) is 45.0 Å². The fourth-order valence-corrected chi connectivity index (χ4v) is 1.45. The lowest BCUT2D eigenvalue weighted by Gasteiger charge is -2.20. The van der Waals surface area contributed by atoms with Crippen LogP contribution in [0.5, 0.6) is 5.75 Å². The maximum absolute atomic E-state index is 12.0. The van der Waals surface area contributed by atoms with Crippen LogP contribution in [0.3, 0.4) is 0 Å². The standard InChI is InChI=1S/C15H22ClNO2/c1-5-11(2)19-13-8-6-7-12(9-13)17-14(18)15(3,4)10-16/h6-9,11H,5,10H2,1-4H3,(H,17,18). The van der Waals surface area contributed by atoms with Crippen LogP contribution in [-0.4, -0.2) is 17.9 Å². The minimum Gasteiger partial charge on any atom is -0.491 e. The van der Waals surface area contributed by atoms with Gasteiger partial charge in [-0.2, -0.15) is 0 Å². The Balaban J connectivity index is 2.75. The van der Waals surface area contributed by atoms with E-state index in [9.17, 15) is 4.79 Å². The molecule has 0 heterocycles. The highest BCUT2D eigenvalue weighted by molar-refractivity contribution is 6.20. The first-order valence-corrected chi connectivity index (χ1v) is 7.06. The molecule has 0 aliphatic heterocycles. The van der Waals surface area contributed by atoms with Crippen LogP contribution in [0.1, 0.15) is 34.1 Å². The van der Waals surface area contributed by atoms with Crippen LogP contribution in [0.2, 0.25) is 0 Å². The van der Waals surface area contributed by atoms with Crippen LogP contribution in [0.4, 0.5) is 5.69 Å². The second-order valence-corrected chi connectivity index (χ2v) is 5.60. The molecule has 1 unspecified atom stereocenters. The van der Waals surface area contributed by atoms with Gasteiger partial charge in [-0.05, 0) is 39.3 Å². The molecule has 0 bridgehead atoms. The highest BCUT2D eigenvalue weighted by atomic mass is 35.5. The molecule has 1 atom stereocenters. The SMILES string of the molecule is CCC(C)Oc1cccc(NC(=O)C(C)(C)CCl)c1. The van der Waals surface area contributed by atoms with E-state index in [1.54, 1.807) is 0 Å². The number of rotatable bonds is 6. The predicted molar refractivity (Wildman–Crippen MR) is 80.0 cm³/mol. The van der Waals surface area contributed by atoms with E-state index in [-0.39, 0.29) is 17.9 Å². The van der Waals surface area contributed by atoms with Gasteiger partial charge in [0.15, 0.2) is 0 Å². The number of nitrogens with one attached hydrogen (secondary N) is 1. The first-order valence-electron chi connectivity index (χ1n) is 6.53. The van der Waals surface area contributed by atoms with Crippen LogP contribution in [0.25, 0.3) is 0 Å². The molecule has 1 amide bonds. The second-order valence-electron chi connectivity index (χ2n) is 5.34. The molecule has 106 valence electrons. The number of carbonyl (C=O) groups is 1. The lowest BCUT2D eigenvalue weighted by molar-refractivity contribution is -0.122. The van der Waals surface area contributed by atoms with Crippen molar-refractivity contribution in [2.75, 3.05) is 11.2 Å². The van der Waals surface area contributed by atoms with Gasteiger partial charge in [0.05, 0.1) is 11.5 Å². The molecule has 0 saturated carbocycles.